The van der Waals surface area contributed by atoms with E-state index in [2.05, 4.69) is 5.32 Å². The second kappa shape index (κ2) is 8.11. The number of nitrogens with one attached hydrogen (secondary N) is 1. The first-order chi connectivity index (χ1) is 11.9. The summed E-state index contributed by atoms with van der Waals surface area (Å²) in [6, 6.07) is 9.90. The van der Waals surface area contributed by atoms with Crippen LogP contribution in [0.1, 0.15) is 10.4 Å². The summed E-state index contributed by atoms with van der Waals surface area (Å²) >= 11 is 5.72. The van der Waals surface area contributed by atoms with E-state index in [0.29, 0.717) is 5.02 Å². The van der Waals surface area contributed by atoms with E-state index < -0.39 is 23.4 Å². The van der Waals surface area contributed by atoms with Crippen LogP contribution in [0.25, 0.3) is 0 Å². The molecule has 0 saturated heterocycles. The summed E-state index contributed by atoms with van der Waals surface area (Å²) in [6.07, 6.45) is 0. The molecule has 0 aromatic heterocycles. The average Bonchev–Trinajstić information content (AvgIpc) is 2.60. The van der Waals surface area contributed by atoms with Gasteiger partial charge in [-0.1, -0.05) is 11.6 Å². The predicted molar refractivity (Wildman–Crippen MR) is 90.0 cm³/mol. The van der Waals surface area contributed by atoms with Crippen LogP contribution in [0.15, 0.2) is 42.5 Å². The van der Waals surface area contributed by atoms with Crippen LogP contribution in [0.3, 0.4) is 0 Å². The molecule has 0 bridgehead atoms. The highest BCUT2D eigenvalue weighted by atomic mass is 35.5. The van der Waals surface area contributed by atoms with Crippen molar-refractivity contribution in [2.45, 2.75) is 0 Å². The van der Waals surface area contributed by atoms with Crippen LogP contribution in [0.2, 0.25) is 5.02 Å². The zero-order valence-electron chi connectivity index (χ0n) is 13.0. The predicted octanol–water partition coefficient (Wildman–Crippen LogP) is 3.05. The molecular weight excluding hydrogens is 352 g/mol. The molecule has 0 fully saturated rings. The number of nitrogens with zero attached hydrogens (tertiary/aromatic N) is 1. The molecular formula is C16H13ClN2O6. The Kier molecular flexibility index (Phi) is 5.91. The molecule has 2 aromatic rings. The van der Waals surface area contributed by atoms with Crippen LogP contribution < -0.4 is 10.1 Å². The Morgan fingerprint density at radius 3 is 2.48 bits per heavy atom. The molecule has 25 heavy (non-hydrogen) atoms. The van der Waals surface area contributed by atoms with Crippen LogP contribution in [0, 0.1) is 10.1 Å². The summed E-state index contributed by atoms with van der Waals surface area (Å²) in [6.45, 7) is -0.593. The number of nitro groups is 1. The van der Waals surface area contributed by atoms with E-state index in [-0.39, 0.29) is 22.7 Å². The van der Waals surface area contributed by atoms with Crippen LogP contribution in [-0.2, 0) is 9.53 Å². The number of benzene rings is 2. The van der Waals surface area contributed by atoms with E-state index >= 15 is 0 Å². The Bertz CT molecular complexity index is 807. The SMILES string of the molecule is COc1ccc(NC(=O)COC(=O)c2ccc(Cl)cc2)c([N+](=O)[O-])c1. The number of rotatable bonds is 6. The van der Waals surface area contributed by atoms with Gasteiger partial charge in [-0.05, 0) is 36.4 Å². The number of halogens is 1. The largest absolute Gasteiger partial charge is 0.496 e. The number of esters is 1. The van der Waals surface area contributed by atoms with E-state index in [1.807, 2.05) is 0 Å². The molecule has 0 aliphatic heterocycles. The van der Waals surface area contributed by atoms with Gasteiger partial charge in [0.05, 0.1) is 23.7 Å². The first-order valence-electron chi connectivity index (χ1n) is 6.95. The molecule has 2 rings (SSSR count). The lowest BCUT2D eigenvalue weighted by Crippen LogP contribution is -2.21. The van der Waals surface area contributed by atoms with E-state index in [4.69, 9.17) is 21.1 Å². The second-order valence-electron chi connectivity index (χ2n) is 4.77. The Morgan fingerprint density at radius 2 is 1.88 bits per heavy atom. The molecule has 0 atom stereocenters. The van der Waals surface area contributed by atoms with Crippen molar-refractivity contribution in [3.8, 4) is 5.75 Å². The van der Waals surface area contributed by atoms with Gasteiger partial charge in [0.2, 0.25) is 0 Å². The van der Waals surface area contributed by atoms with Crippen molar-refractivity contribution in [1.29, 1.82) is 0 Å². The topological polar surface area (TPSA) is 108 Å². The average molecular weight is 365 g/mol. The van der Waals surface area contributed by atoms with E-state index in [0.717, 1.165) is 0 Å². The lowest BCUT2D eigenvalue weighted by molar-refractivity contribution is -0.384. The van der Waals surface area contributed by atoms with Crippen molar-refractivity contribution in [2.75, 3.05) is 19.0 Å². The van der Waals surface area contributed by atoms with Crippen molar-refractivity contribution in [3.05, 3.63) is 63.2 Å². The van der Waals surface area contributed by atoms with Crippen molar-refractivity contribution in [1.82, 2.24) is 0 Å². The van der Waals surface area contributed by atoms with E-state index in [1.165, 1.54) is 49.6 Å². The van der Waals surface area contributed by atoms with Gasteiger partial charge >= 0.3 is 5.97 Å². The van der Waals surface area contributed by atoms with Crippen LogP contribution >= 0.6 is 11.6 Å². The Balaban J connectivity index is 1.99. The summed E-state index contributed by atoms with van der Waals surface area (Å²) in [4.78, 5) is 34.1. The fourth-order valence-corrected chi connectivity index (χ4v) is 2.01. The molecule has 0 aliphatic carbocycles. The lowest BCUT2D eigenvalue weighted by Gasteiger charge is -2.08. The first-order valence-corrected chi connectivity index (χ1v) is 7.33. The maximum absolute atomic E-state index is 11.9. The number of hydrogen-bond donors (Lipinski definition) is 1. The minimum absolute atomic E-state index is 0.0293. The molecule has 0 saturated carbocycles. The molecule has 0 unspecified atom stereocenters. The highest BCUT2D eigenvalue weighted by Gasteiger charge is 2.18. The highest BCUT2D eigenvalue weighted by molar-refractivity contribution is 6.30. The van der Waals surface area contributed by atoms with Gasteiger partial charge in [0, 0.05) is 5.02 Å². The standard InChI is InChI=1S/C16H13ClN2O6/c1-24-12-6-7-13(14(8-12)19(22)23)18-15(20)9-25-16(21)10-2-4-11(17)5-3-10/h2-8H,9H2,1H3,(H,18,20). The smallest absolute Gasteiger partial charge is 0.338 e. The van der Waals surface area contributed by atoms with Crippen LogP contribution in [0.5, 0.6) is 5.75 Å². The van der Waals surface area contributed by atoms with Gasteiger partial charge in [0.15, 0.2) is 6.61 Å². The summed E-state index contributed by atoms with van der Waals surface area (Å²) in [5.41, 5.74) is -0.136. The number of nitro benzene ring substituents is 1. The molecule has 0 heterocycles. The van der Waals surface area contributed by atoms with Crippen molar-refractivity contribution >= 4 is 34.9 Å². The zero-order valence-corrected chi connectivity index (χ0v) is 13.8. The normalized spacial score (nSPS) is 10.0. The molecule has 2 aromatic carbocycles. The Hall–Kier alpha value is -3.13. The number of methoxy groups -OCH3 is 1. The van der Waals surface area contributed by atoms with Gasteiger partial charge in [-0.3, -0.25) is 14.9 Å². The Morgan fingerprint density at radius 1 is 1.20 bits per heavy atom. The zero-order chi connectivity index (χ0) is 18.4. The minimum atomic E-state index is -0.712. The molecule has 1 N–H and O–H groups in total. The van der Waals surface area contributed by atoms with Gasteiger partial charge in [-0.2, -0.15) is 0 Å². The van der Waals surface area contributed by atoms with Gasteiger partial charge in [-0.25, -0.2) is 4.79 Å². The van der Waals surface area contributed by atoms with Gasteiger partial charge in [0.1, 0.15) is 11.4 Å². The summed E-state index contributed by atoms with van der Waals surface area (Å²) in [5.74, 6) is -1.15. The summed E-state index contributed by atoms with van der Waals surface area (Å²) < 4.78 is 9.76. The van der Waals surface area contributed by atoms with E-state index in [9.17, 15) is 19.7 Å². The molecule has 0 radical (unpaired) electrons. The molecule has 130 valence electrons. The quantitative estimate of drug-likeness (QED) is 0.479. The third-order valence-electron chi connectivity index (χ3n) is 3.09. The number of amides is 1. The third-order valence-corrected chi connectivity index (χ3v) is 3.34. The fourth-order valence-electron chi connectivity index (χ4n) is 1.88. The maximum atomic E-state index is 11.9. The maximum Gasteiger partial charge on any atom is 0.338 e. The van der Waals surface area contributed by atoms with Gasteiger partial charge < -0.3 is 14.8 Å². The number of hydrogen-bond acceptors (Lipinski definition) is 6. The number of carbonyl (C=O) groups excluding carboxylic acids is 2. The van der Waals surface area contributed by atoms with E-state index in [1.54, 1.807) is 0 Å². The monoisotopic (exact) mass is 364 g/mol. The number of carbonyl (C=O) groups is 2. The number of anilines is 1. The molecule has 1 amide bonds. The van der Waals surface area contributed by atoms with Crippen molar-refractivity contribution in [3.63, 3.8) is 0 Å². The molecule has 0 spiro atoms. The summed E-state index contributed by atoms with van der Waals surface area (Å²) in [5, 5.41) is 13.8. The van der Waals surface area contributed by atoms with Gasteiger partial charge in [0.25, 0.3) is 11.6 Å². The fraction of sp³-hybridized carbons (Fsp3) is 0.125. The van der Waals surface area contributed by atoms with Crippen molar-refractivity contribution in [2.24, 2.45) is 0 Å². The third kappa shape index (κ3) is 4.92. The second-order valence-corrected chi connectivity index (χ2v) is 5.21. The molecule has 9 heteroatoms. The minimum Gasteiger partial charge on any atom is -0.496 e. The lowest BCUT2D eigenvalue weighted by atomic mass is 10.2. The Labute approximate surface area is 147 Å². The van der Waals surface area contributed by atoms with Crippen LogP contribution in [0.4, 0.5) is 11.4 Å². The number of ether oxygens (including phenoxy) is 2. The van der Waals surface area contributed by atoms with Crippen LogP contribution in [-0.4, -0.2) is 30.5 Å². The van der Waals surface area contributed by atoms with Gasteiger partial charge in [-0.15, -0.1) is 0 Å². The van der Waals surface area contributed by atoms with Crippen molar-refractivity contribution < 1.29 is 24.0 Å². The first kappa shape index (κ1) is 18.2. The molecule has 0 aliphatic rings. The summed E-state index contributed by atoms with van der Waals surface area (Å²) in [7, 11) is 1.37. The highest BCUT2D eigenvalue weighted by Crippen LogP contribution is 2.28. The molecule has 8 nitrogen and oxygen atoms in total.